The van der Waals surface area contributed by atoms with Crippen LogP contribution in [-0.4, -0.2) is 17.5 Å². The summed E-state index contributed by atoms with van der Waals surface area (Å²) in [7, 11) is 0. The Morgan fingerprint density at radius 3 is 2.83 bits per heavy atom. The van der Waals surface area contributed by atoms with Crippen LogP contribution in [0.5, 0.6) is 5.75 Å². The minimum atomic E-state index is -0.188. The van der Waals surface area contributed by atoms with Gasteiger partial charge in [0.05, 0.1) is 22.3 Å². The summed E-state index contributed by atoms with van der Waals surface area (Å²) in [4.78, 5) is 16.8. The van der Waals surface area contributed by atoms with Crippen molar-refractivity contribution in [1.82, 2.24) is 4.98 Å². The predicted molar refractivity (Wildman–Crippen MR) is 95.0 cm³/mol. The van der Waals surface area contributed by atoms with Crippen molar-refractivity contribution in [1.29, 1.82) is 0 Å². The van der Waals surface area contributed by atoms with E-state index in [0.29, 0.717) is 17.9 Å². The Morgan fingerprint density at radius 2 is 2.04 bits per heavy atom. The van der Waals surface area contributed by atoms with Crippen molar-refractivity contribution < 1.29 is 9.53 Å². The number of aromatic nitrogens is 1. The summed E-state index contributed by atoms with van der Waals surface area (Å²) in [6.45, 7) is 2.49. The quantitative estimate of drug-likeness (QED) is 0.727. The van der Waals surface area contributed by atoms with Gasteiger partial charge in [-0.15, -0.1) is 0 Å². The number of nitrogens with one attached hydrogen (secondary N) is 1. The van der Waals surface area contributed by atoms with Gasteiger partial charge in [-0.1, -0.05) is 18.2 Å². The number of hydrogen-bond donors (Lipinski definition) is 1. The molecular weight excluding hydrogens is 356 g/mol. The van der Waals surface area contributed by atoms with Gasteiger partial charge in [0.1, 0.15) is 5.75 Å². The molecule has 116 valence electrons. The molecule has 0 saturated carbocycles. The lowest BCUT2D eigenvalue weighted by Gasteiger charge is -2.10. The minimum Gasteiger partial charge on any atom is -0.493 e. The Hall–Kier alpha value is -2.40. The second-order valence-corrected chi connectivity index (χ2v) is 5.77. The standard InChI is InChI=1S/C18H15BrN2O2/c1-2-23-16-9-8-13(11-14(16)19)18(22)21-15-7-3-5-12-6-4-10-20-17(12)15/h3-11H,2H2,1H3,(H,21,22). The highest BCUT2D eigenvalue weighted by Gasteiger charge is 2.11. The molecule has 0 spiro atoms. The number of amides is 1. The zero-order valence-electron chi connectivity index (χ0n) is 12.5. The van der Waals surface area contributed by atoms with E-state index in [9.17, 15) is 4.79 Å². The number of hydrogen-bond acceptors (Lipinski definition) is 3. The topological polar surface area (TPSA) is 51.2 Å². The van der Waals surface area contributed by atoms with E-state index < -0.39 is 0 Å². The molecule has 0 fully saturated rings. The number of nitrogens with zero attached hydrogens (tertiary/aromatic N) is 1. The van der Waals surface area contributed by atoms with Gasteiger partial charge in [-0.2, -0.15) is 0 Å². The SMILES string of the molecule is CCOc1ccc(C(=O)Nc2cccc3cccnc23)cc1Br. The minimum absolute atomic E-state index is 0.188. The molecule has 1 amide bonds. The van der Waals surface area contributed by atoms with E-state index in [1.54, 1.807) is 24.4 Å². The summed E-state index contributed by atoms with van der Waals surface area (Å²) < 4.78 is 6.21. The molecule has 1 aromatic heterocycles. The molecular formula is C18H15BrN2O2. The van der Waals surface area contributed by atoms with Crippen LogP contribution in [-0.2, 0) is 0 Å². The molecule has 1 N–H and O–H groups in total. The summed E-state index contributed by atoms with van der Waals surface area (Å²) >= 11 is 3.42. The van der Waals surface area contributed by atoms with Gasteiger partial charge < -0.3 is 10.1 Å². The Bertz CT molecular complexity index is 859. The number of ether oxygens (including phenoxy) is 1. The number of para-hydroxylation sites is 1. The Morgan fingerprint density at radius 1 is 1.22 bits per heavy atom. The molecule has 1 heterocycles. The highest BCUT2D eigenvalue weighted by Crippen LogP contribution is 2.27. The van der Waals surface area contributed by atoms with Crippen molar-refractivity contribution in [2.45, 2.75) is 6.92 Å². The lowest BCUT2D eigenvalue weighted by atomic mass is 10.1. The zero-order chi connectivity index (χ0) is 16.2. The van der Waals surface area contributed by atoms with Crippen molar-refractivity contribution in [2.24, 2.45) is 0 Å². The first-order valence-electron chi connectivity index (χ1n) is 7.26. The summed E-state index contributed by atoms with van der Waals surface area (Å²) in [6, 6.07) is 14.8. The van der Waals surface area contributed by atoms with Gasteiger partial charge in [0, 0.05) is 17.1 Å². The highest BCUT2D eigenvalue weighted by molar-refractivity contribution is 9.10. The molecule has 0 atom stereocenters. The molecule has 3 aromatic rings. The average Bonchev–Trinajstić information content (AvgIpc) is 2.57. The molecule has 0 aliphatic carbocycles. The van der Waals surface area contributed by atoms with Crippen LogP contribution in [0.2, 0.25) is 0 Å². The number of fused-ring (bicyclic) bond motifs is 1. The molecule has 23 heavy (non-hydrogen) atoms. The monoisotopic (exact) mass is 370 g/mol. The maximum atomic E-state index is 12.5. The van der Waals surface area contributed by atoms with Crippen LogP contribution >= 0.6 is 15.9 Å². The van der Waals surface area contributed by atoms with E-state index in [-0.39, 0.29) is 5.91 Å². The van der Waals surface area contributed by atoms with Gasteiger partial charge in [-0.25, -0.2) is 0 Å². The van der Waals surface area contributed by atoms with Crippen molar-refractivity contribution in [3.63, 3.8) is 0 Å². The number of anilines is 1. The first-order valence-corrected chi connectivity index (χ1v) is 8.06. The summed E-state index contributed by atoms with van der Waals surface area (Å²) in [5.74, 6) is 0.530. The summed E-state index contributed by atoms with van der Waals surface area (Å²) in [6.07, 6.45) is 1.71. The van der Waals surface area contributed by atoms with Crippen LogP contribution in [0.1, 0.15) is 17.3 Å². The number of benzene rings is 2. The van der Waals surface area contributed by atoms with E-state index in [4.69, 9.17) is 4.74 Å². The third-order valence-electron chi connectivity index (χ3n) is 3.37. The fraction of sp³-hybridized carbons (Fsp3) is 0.111. The van der Waals surface area contributed by atoms with Crippen LogP contribution in [0.25, 0.3) is 10.9 Å². The molecule has 0 saturated heterocycles. The second kappa shape index (κ2) is 6.79. The fourth-order valence-electron chi connectivity index (χ4n) is 2.31. The third-order valence-corrected chi connectivity index (χ3v) is 3.99. The van der Waals surface area contributed by atoms with Crippen LogP contribution in [0.15, 0.2) is 59.2 Å². The van der Waals surface area contributed by atoms with Gasteiger partial charge >= 0.3 is 0 Å². The molecule has 2 aromatic carbocycles. The Balaban J connectivity index is 1.88. The molecule has 4 nitrogen and oxygen atoms in total. The maximum Gasteiger partial charge on any atom is 0.255 e. The molecule has 5 heteroatoms. The maximum absolute atomic E-state index is 12.5. The molecule has 0 radical (unpaired) electrons. The van der Waals surface area contributed by atoms with E-state index in [2.05, 4.69) is 26.2 Å². The van der Waals surface area contributed by atoms with Crippen molar-refractivity contribution in [3.05, 3.63) is 64.8 Å². The zero-order valence-corrected chi connectivity index (χ0v) is 14.1. The van der Waals surface area contributed by atoms with E-state index >= 15 is 0 Å². The number of carbonyl (C=O) groups is 1. The first kappa shape index (κ1) is 15.5. The second-order valence-electron chi connectivity index (χ2n) is 4.91. The predicted octanol–water partition coefficient (Wildman–Crippen LogP) is 4.65. The molecule has 0 bridgehead atoms. The van der Waals surface area contributed by atoms with Crippen LogP contribution in [0, 0.1) is 0 Å². The number of rotatable bonds is 4. The average molecular weight is 371 g/mol. The molecule has 0 aliphatic rings. The third kappa shape index (κ3) is 3.35. The van der Waals surface area contributed by atoms with Gasteiger partial charge in [0.15, 0.2) is 0 Å². The lowest BCUT2D eigenvalue weighted by molar-refractivity contribution is 0.102. The smallest absolute Gasteiger partial charge is 0.255 e. The van der Waals surface area contributed by atoms with Gasteiger partial charge in [0.25, 0.3) is 5.91 Å². The Labute approximate surface area is 142 Å². The normalized spacial score (nSPS) is 10.5. The number of carbonyl (C=O) groups excluding carboxylic acids is 1. The van der Waals surface area contributed by atoms with Gasteiger partial charge in [0.2, 0.25) is 0 Å². The van der Waals surface area contributed by atoms with E-state index in [1.165, 1.54) is 0 Å². The van der Waals surface area contributed by atoms with Crippen molar-refractivity contribution in [3.8, 4) is 5.75 Å². The highest BCUT2D eigenvalue weighted by atomic mass is 79.9. The lowest BCUT2D eigenvalue weighted by Crippen LogP contribution is -2.12. The van der Waals surface area contributed by atoms with Gasteiger partial charge in [-0.3, -0.25) is 9.78 Å². The van der Waals surface area contributed by atoms with Crippen molar-refractivity contribution >= 4 is 38.4 Å². The summed E-state index contributed by atoms with van der Waals surface area (Å²) in [5, 5.41) is 3.90. The molecule has 3 rings (SSSR count). The Kier molecular flexibility index (Phi) is 4.57. The first-order chi connectivity index (χ1) is 11.2. The van der Waals surface area contributed by atoms with Crippen LogP contribution in [0.4, 0.5) is 5.69 Å². The van der Waals surface area contributed by atoms with E-state index in [0.717, 1.165) is 21.1 Å². The van der Waals surface area contributed by atoms with Gasteiger partial charge in [-0.05, 0) is 53.2 Å². The molecule has 0 unspecified atom stereocenters. The van der Waals surface area contributed by atoms with Crippen LogP contribution in [0.3, 0.4) is 0 Å². The molecule has 0 aliphatic heterocycles. The fourth-order valence-corrected chi connectivity index (χ4v) is 2.81. The largest absolute Gasteiger partial charge is 0.493 e. The number of halogens is 1. The summed E-state index contributed by atoms with van der Waals surface area (Å²) in [5.41, 5.74) is 2.01. The van der Waals surface area contributed by atoms with Crippen molar-refractivity contribution in [2.75, 3.05) is 11.9 Å². The van der Waals surface area contributed by atoms with E-state index in [1.807, 2.05) is 37.3 Å². The number of pyridine rings is 1. The van der Waals surface area contributed by atoms with Crippen LogP contribution < -0.4 is 10.1 Å².